The number of carboxylic acids is 1. The van der Waals surface area contributed by atoms with Crippen molar-refractivity contribution >= 4 is 17.8 Å². The fraction of sp³-hybridized carbons (Fsp3) is 0.538. The molecule has 0 saturated carbocycles. The Labute approximate surface area is 118 Å². The van der Waals surface area contributed by atoms with Crippen molar-refractivity contribution in [3.05, 3.63) is 17.5 Å². The van der Waals surface area contributed by atoms with Crippen LogP contribution in [-0.2, 0) is 4.79 Å². The predicted molar refractivity (Wildman–Crippen MR) is 74.9 cm³/mol. The quantitative estimate of drug-likeness (QED) is 0.829. The van der Waals surface area contributed by atoms with Crippen LogP contribution in [0.5, 0.6) is 0 Å². The molecular weight excluding hydrogens is 260 g/mol. The summed E-state index contributed by atoms with van der Waals surface area (Å²) in [5.74, 6) is -0.731. The monoisotopic (exact) mass is 280 g/mol. The van der Waals surface area contributed by atoms with Crippen LogP contribution < -0.4 is 4.90 Å². The number of aromatic nitrogens is 2. The van der Waals surface area contributed by atoms with Gasteiger partial charge in [-0.25, -0.2) is 14.8 Å². The van der Waals surface area contributed by atoms with Crippen LogP contribution in [0.2, 0.25) is 0 Å². The topological polar surface area (TPSA) is 86.6 Å². The number of aromatic carboxylic acids is 1. The molecule has 1 heterocycles. The number of carbonyl (C=O) groups excluding carboxylic acids is 1. The van der Waals surface area contributed by atoms with Gasteiger partial charge in [0.25, 0.3) is 0 Å². The molecule has 0 radical (unpaired) electrons. The Morgan fingerprint density at radius 3 is 2.35 bits per heavy atom. The number of nitrogens with zero attached hydrogens (tertiary/aromatic N) is 4. The number of rotatable bonds is 6. The molecule has 0 spiro atoms. The van der Waals surface area contributed by atoms with Crippen molar-refractivity contribution in [1.82, 2.24) is 14.9 Å². The maximum Gasteiger partial charge on any atom is 0.339 e. The Hall–Kier alpha value is -2.18. The first kappa shape index (κ1) is 15.9. The molecule has 1 aromatic heterocycles. The lowest BCUT2D eigenvalue weighted by Gasteiger charge is -2.23. The van der Waals surface area contributed by atoms with Gasteiger partial charge in [0.1, 0.15) is 0 Å². The van der Waals surface area contributed by atoms with Gasteiger partial charge in [-0.15, -0.1) is 0 Å². The van der Waals surface area contributed by atoms with Gasteiger partial charge in [0.2, 0.25) is 11.9 Å². The number of carbonyl (C=O) groups is 2. The molecule has 0 unspecified atom stereocenters. The molecule has 0 bridgehead atoms. The van der Waals surface area contributed by atoms with Gasteiger partial charge in [-0.1, -0.05) is 0 Å². The maximum atomic E-state index is 12.0. The summed E-state index contributed by atoms with van der Waals surface area (Å²) in [6, 6.07) is 0. The second-order valence-corrected chi connectivity index (χ2v) is 4.40. The van der Waals surface area contributed by atoms with E-state index in [9.17, 15) is 9.59 Å². The summed E-state index contributed by atoms with van der Waals surface area (Å²) >= 11 is 0. The fourth-order valence-corrected chi connectivity index (χ4v) is 1.80. The van der Waals surface area contributed by atoms with Gasteiger partial charge < -0.3 is 14.9 Å². The average Bonchev–Trinajstić information content (AvgIpc) is 2.39. The highest BCUT2D eigenvalue weighted by Crippen LogP contribution is 2.10. The van der Waals surface area contributed by atoms with Crippen molar-refractivity contribution in [3.63, 3.8) is 0 Å². The molecule has 0 fully saturated rings. The zero-order valence-corrected chi connectivity index (χ0v) is 12.3. The van der Waals surface area contributed by atoms with Gasteiger partial charge in [-0.05, 0) is 20.8 Å². The van der Waals surface area contributed by atoms with Crippen molar-refractivity contribution in [1.29, 1.82) is 0 Å². The highest BCUT2D eigenvalue weighted by Gasteiger charge is 2.16. The molecule has 0 aromatic carbocycles. The minimum Gasteiger partial charge on any atom is -0.478 e. The van der Waals surface area contributed by atoms with Crippen molar-refractivity contribution in [3.8, 4) is 0 Å². The molecule has 1 aromatic rings. The first-order valence-electron chi connectivity index (χ1n) is 6.46. The van der Waals surface area contributed by atoms with Crippen molar-refractivity contribution in [2.75, 3.05) is 31.6 Å². The molecule has 0 aliphatic heterocycles. The lowest BCUT2D eigenvalue weighted by Crippen LogP contribution is -2.39. The van der Waals surface area contributed by atoms with Gasteiger partial charge in [0.05, 0.1) is 17.8 Å². The first-order chi connectivity index (χ1) is 9.40. The minimum atomic E-state index is -1.06. The normalized spacial score (nSPS) is 10.2. The van der Waals surface area contributed by atoms with Crippen LogP contribution in [0.25, 0.3) is 0 Å². The SMILES string of the molecule is CCN(CC)C(=O)CN(C)c1ncc(C(=O)O)c(C)n1. The van der Waals surface area contributed by atoms with Crippen LogP contribution in [0.3, 0.4) is 0 Å². The van der Waals surface area contributed by atoms with Crippen molar-refractivity contribution in [2.45, 2.75) is 20.8 Å². The van der Waals surface area contributed by atoms with Crippen LogP contribution in [0.4, 0.5) is 5.95 Å². The first-order valence-corrected chi connectivity index (χ1v) is 6.46. The zero-order valence-electron chi connectivity index (χ0n) is 12.3. The summed E-state index contributed by atoms with van der Waals surface area (Å²) in [7, 11) is 1.70. The number of carboxylic acid groups (broad SMARTS) is 1. The summed E-state index contributed by atoms with van der Waals surface area (Å²) in [6.07, 6.45) is 1.26. The van der Waals surface area contributed by atoms with Crippen molar-refractivity contribution < 1.29 is 14.7 Å². The molecule has 7 nitrogen and oxygen atoms in total. The van der Waals surface area contributed by atoms with E-state index in [1.807, 2.05) is 13.8 Å². The third-order valence-electron chi connectivity index (χ3n) is 3.03. The standard InChI is InChI=1S/C13H20N4O3/c1-5-17(6-2)11(18)8-16(4)13-14-7-10(12(19)20)9(3)15-13/h7H,5-6,8H2,1-4H3,(H,19,20). The van der Waals surface area contributed by atoms with E-state index in [0.29, 0.717) is 24.7 Å². The fourth-order valence-electron chi connectivity index (χ4n) is 1.80. The molecule has 110 valence electrons. The second-order valence-electron chi connectivity index (χ2n) is 4.40. The third-order valence-corrected chi connectivity index (χ3v) is 3.03. The Balaban J connectivity index is 2.83. The van der Waals surface area contributed by atoms with E-state index in [0.717, 1.165) is 0 Å². The predicted octanol–water partition coefficient (Wildman–Crippen LogP) is 0.788. The van der Waals surface area contributed by atoms with Gasteiger partial charge in [0, 0.05) is 26.3 Å². The summed E-state index contributed by atoms with van der Waals surface area (Å²) in [5.41, 5.74) is 0.446. The number of anilines is 1. The number of likely N-dealkylation sites (N-methyl/N-ethyl adjacent to an activating group) is 2. The molecule has 7 heteroatoms. The highest BCUT2D eigenvalue weighted by atomic mass is 16.4. The van der Waals surface area contributed by atoms with E-state index in [2.05, 4.69) is 9.97 Å². The van der Waals surface area contributed by atoms with E-state index >= 15 is 0 Å². The van der Waals surface area contributed by atoms with Gasteiger partial charge >= 0.3 is 5.97 Å². The van der Waals surface area contributed by atoms with Gasteiger partial charge in [0.15, 0.2) is 0 Å². The van der Waals surface area contributed by atoms with E-state index < -0.39 is 5.97 Å². The van der Waals surface area contributed by atoms with E-state index in [-0.39, 0.29) is 18.0 Å². The number of amides is 1. The third kappa shape index (κ3) is 3.66. The second kappa shape index (κ2) is 6.83. The summed E-state index contributed by atoms with van der Waals surface area (Å²) in [6.45, 7) is 6.91. The van der Waals surface area contributed by atoms with Crippen molar-refractivity contribution in [2.24, 2.45) is 0 Å². The Morgan fingerprint density at radius 2 is 1.90 bits per heavy atom. The lowest BCUT2D eigenvalue weighted by molar-refractivity contribution is -0.129. The van der Waals surface area contributed by atoms with E-state index in [4.69, 9.17) is 5.11 Å². The smallest absolute Gasteiger partial charge is 0.339 e. The number of hydrogen-bond acceptors (Lipinski definition) is 5. The molecule has 1 amide bonds. The number of hydrogen-bond donors (Lipinski definition) is 1. The largest absolute Gasteiger partial charge is 0.478 e. The average molecular weight is 280 g/mol. The summed E-state index contributed by atoms with van der Waals surface area (Å²) < 4.78 is 0. The molecule has 0 saturated heterocycles. The van der Waals surface area contributed by atoms with Crippen LogP contribution in [0.15, 0.2) is 6.20 Å². The van der Waals surface area contributed by atoms with E-state index in [1.54, 1.807) is 23.8 Å². The Bertz CT molecular complexity index is 500. The Kier molecular flexibility index (Phi) is 5.42. The van der Waals surface area contributed by atoms with Gasteiger partial charge in [-0.3, -0.25) is 4.79 Å². The number of aryl methyl sites for hydroxylation is 1. The van der Waals surface area contributed by atoms with Crippen LogP contribution in [0.1, 0.15) is 29.9 Å². The summed E-state index contributed by atoms with van der Waals surface area (Å²) in [4.78, 5) is 34.3. The minimum absolute atomic E-state index is 0.0129. The lowest BCUT2D eigenvalue weighted by atomic mass is 10.2. The van der Waals surface area contributed by atoms with Gasteiger partial charge in [-0.2, -0.15) is 0 Å². The Morgan fingerprint density at radius 1 is 1.30 bits per heavy atom. The molecule has 1 N–H and O–H groups in total. The summed E-state index contributed by atoms with van der Waals surface area (Å²) in [5, 5.41) is 8.92. The van der Waals surface area contributed by atoms with Crippen LogP contribution in [-0.4, -0.2) is 58.5 Å². The van der Waals surface area contributed by atoms with Crippen LogP contribution in [0, 0.1) is 6.92 Å². The maximum absolute atomic E-state index is 12.0. The molecule has 1 rings (SSSR count). The molecule has 0 atom stereocenters. The molecule has 20 heavy (non-hydrogen) atoms. The molecule has 0 aliphatic carbocycles. The van der Waals surface area contributed by atoms with E-state index in [1.165, 1.54) is 6.20 Å². The van der Waals surface area contributed by atoms with Crippen LogP contribution >= 0.6 is 0 Å². The highest BCUT2D eigenvalue weighted by molar-refractivity contribution is 5.88. The molecular formula is C13H20N4O3. The zero-order chi connectivity index (χ0) is 15.3. The molecule has 0 aliphatic rings.